The van der Waals surface area contributed by atoms with Crippen LogP contribution in [0.15, 0.2) is 0 Å². The highest BCUT2D eigenvalue weighted by atomic mass is 16.1. The topological polar surface area (TPSA) is 55.1 Å². The summed E-state index contributed by atoms with van der Waals surface area (Å²) >= 11 is 0. The monoisotopic (exact) mass is 254 g/mol. The van der Waals surface area contributed by atoms with Crippen molar-refractivity contribution in [1.29, 1.82) is 0 Å². The highest BCUT2D eigenvalue weighted by molar-refractivity contribution is 5.76. The Morgan fingerprint density at radius 2 is 1.94 bits per heavy atom. The number of nitrogens with one attached hydrogen (secondary N) is 1. The minimum atomic E-state index is 0.240. The summed E-state index contributed by atoms with van der Waals surface area (Å²) in [5.41, 5.74) is 5.44. The van der Waals surface area contributed by atoms with Crippen molar-refractivity contribution in [3.05, 3.63) is 0 Å². The SMILES string of the molecule is CCC(NC(=O)CCCCCN)C1CCCCC1. The van der Waals surface area contributed by atoms with Gasteiger partial charge in [0, 0.05) is 12.5 Å². The third kappa shape index (κ3) is 5.85. The third-order valence-electron chi connectivity index (χ3n) is 4.11. The second-order valence-electron chi connectivity index (χ2n) is 5.58. The average molecular weight is 254 g/mol. The van der Waals surface area contributed by atoms with E-state index in [2.05, 4.69) is 12.2 Å². The van der Waals surface area contributed by atoms with Gasteiger partial charge in [0.25, 0.3) is 0 Å². The maximum absolute atomic E-state index is 11.9. The van der Waals surface area contributed by atoms with Crippen molar-refractivity contribution in [3.63, 3.8) is 0 Å². The summed E-state index contributed by atoms with van der Waals surface area (Å²) in [4.78, 5) is 11.9. The van der Waals surface area contributed by atoms with Crippen LogP contribution in [0.2, 0.25) is 0 Å². The molecule has 0 radical (unpaired) electrons. The molecule has 0 bridgehead atoms. The summed E-state index contributed by atoms with van der Waals surface area (Å²) in [5.74, 6) is 0.959. The van der Waals surface area contributed by atoms with Crippen LogP contribution in [0.3, 0.4) is 0 Å². The number of hydrogen-bond donors (Lipinski definition) is 2. The fourth-order valence-corrected chi connectivity index (χ4v) is 2.98. The molecule has 1 rings (SSSR count). The summed E-state index contributed by atoms with van der Waals surface area (Å²) in [5, 5.41) is 3.24. The van der Waals surface area contributed by atoms with Crippen LogP contribution < -0.4 is 11.1 Å². The fraction of sp³-hybridized carbons (Fsp3) is 0.933. The van der Waals surface area contributed by atoms with Crippen molar-refractivity contribution >= 4 is 5.91 Å². The molecule has 3 nitrogen and oxygen atoms in total. The van der Waals surface area contributed by atoms with Gasteiger partial charge < -0.3 is 11.1 Å². The largest absolute Gasteiger partial charge is 0.353 e. The Morgan fingerprint density at radius 3 is 2.56 bits per heavy atom. The number of hydrogen-bond acceptors (Lipinski definition) is 2. The first-order chi connectivity index (χ1) is 8.77. The second kappa shape index (κ2) is 9.37. The van der Waals surface area contributed by atoms with Gasteiger partial charge in [0.05, 0.1) is 0 Å². The van der Waals surface area contributed by atoms with Gasteiger partial charge in [0.1, 0.15) is 0 Å². The van der Waals surface area contributed by atoms with E-state index in [4.69, 9.17) is 5.73 Å². The molecule has 0 saturated heterocycles. The van der Waals surface area contributed by atoms with Gasteiger partial charge in [-0.25, -0.2) is 0 Å². The van der Waals surface area contributed by atoms with Crippen molar-refractivity contribution < 1.29 is 4.79 Å². The van der Waals surface area contributed by atoms with E-state index in [1.807, 2.05) is 0 Å². The Bertz CT molecular complexity index is 225. The van der Waals surface area contributed by atoms with E-state index in [9.17, 15) is 4.79 Å². The van der Waals surface area contributed by atoms with Crippen molar-refractivity contribution in [2.24, 2.45) is 11.7 Å². The molecule has 3 heteroatoms. The van der Waals surface area contributed by atoms with E-state index in [0.29, 0.717) is 12.5 Å². The highest BCUT2D eigenvalue weighted by Gasteiger charge is 2.23. The van der Waals surface area contributed by atoms with Crippen molar-refractivity contribution in [3.8, 4) is 0 Å². The first-order valence-electron chi connectivity index (χ1n) is 7.77. The molecule has 1 saturated carbocycles. The molecule has 1 fully saturated rings. The Balaban J connectivity index is 2.22. The maximum atomic E-state index is 11.9. The number of amides is 1. The molecule has 1 aliphatic carbocycles. The number of unbranched alkanes of at least 4 members (excludes halogenated alkanes) is 2. The van der Waals surface area contributed by atoms with Gasteiger partial charge in [-0.3, -0.25) is 4.79 Å². The smallest absolute Gasteiger partial charge is 0.220 e. The zero-order valence-corrected chi connectivity index (χ0v) is 11.9. The predicted octanol–water partition coefficient (Wildman–Crippen LogP) is 2.98. The summed E-state index contributed by atoms with van der Waals surface area (Å²) in [7, 11) is 0. The zero-order chi connectivity index (χ0) is 13.2. The van der Waals surface area contributed by atoms with E-state index in [0.717, 1.165) is 38.1 Å². The summed E-state index contributed by atoms with van der Waals surface area (Å²) in [6.45, 7) is 2.93. The Hall–Kier alpha value is -0.570. The minimum absolute atomic E-state index is 0.240. The van der Waals surface area contributed by atoms with Gasteiger partial charge in [-0.1, -0.05) is 32.6 Å². The minimum Gasteiger partial charge on any atom is -0.353 e. The Morgan fingerprint density at radius 1 is 1.22 bits per heavy atom. The Kier molecular flexibility index (Phi) is 8.06. The van der Waals surface area contributed by atoms with Gasteiger partial charge in [-0.05, 0) is 44.6 Å². The molecule has 1 atom stereocenters. The van der Waals surface area contributed by atoms with E-state index in [-0.39, 0.29) is 5.91 Å². The first-order valence-corrected chi connectivity index (χ1v) is 7.77. The van der Waals surface area contributed by atoms with Crippen LogP contribution in [-0.2, 0) is 4.79 Å². The third-order valence-corrected chi connectivity index (χ3v) is 4.11. The lowest BCUT2D eigenvalue weighted by atomic mass is 9.83. The van der Waals surface area contributed by atoms with E-state index in [1.54, 1.807) is 0 Å². The Labute approximate surface area is 112 Å². The molecule has 0 aromatic heterocycles. The van der Waals surface area contributed by atoms with Crippen LogP contribution in [0.4, 0.5) is 0 Å². The normalized spacial score (nSPS) is 18.6. The second-order valence-corrected chi connectivity index (χ2v) is 5.58. The van der Waals surface area contributed by atoms with Gasteiger partial charge in [-0.2, -0.15) is 0 Å². The molecular weight excluding hydrogens is 224 g/mol. The van der Waals surface area contributed by atoms with Crippen LogP contribution in [0, 0.1) is 5.92 Å². The number of carbonyl (C=O) groups is 1. The first kappa shape index (κ1) is 15.5. The molecule has 1 unspecified atom stereocenters. The maximum Gasteiger partial charge on any atom is 0.220 e. The van der Waals surface area contributed by atoms with Crippen molar-refractivity contribution in [2.75, 3.05) is 6.54 Å². The van der Waals surface area contributed by atoms with Gasteiger partial charge in [-0.15, -0.1) is 0 Å². The van der Waals surface area contributed by atoms with Gasteiger partial charge >= 0.3 is 0 Å². The predicted molar refractivity (Wildman–Crippen MR) is 76.3 cm³/mol. The van der Waals surface area contributed by atoms with Gasteiger partial charge in [0.2, 0.25) is 5.91 Å². The van der Waals surface area contributed by atoms with E-state index >= 15 is 0 Å². The molecule has 1 amide bonds. The quantitative estimate of drug-likeness (QED) is 0.654. The zero-order valence-electron chi connectivity index (χ0n) is 11.9. The summed E-state index contributed by atoms with van der Waals surface area (Å²) in [6.07, 6.45) is 11.5. The lowest BCUT2D eigenvalue weighted by molar-refractivity contribution is -0.122. The summed E-state index contributed by atoms with van der Waals surface area (Å²) < 4.78 is 0. The molecule has 0 heterocycles. The lowest BCUT2D eigenvalue weighted by Crippen LogP contribution is -2.40. The number of carbonyl (C=O) groups excluding carboxylic acids is 1. The van der Waals surface area contributed by atoms with Crippen LogP contribution in [0.1, 0.15) is 71.1 Å². The van der Waals surface area contributed by atoms with Crippen LogP contribution in [0.5, 0.6) is 0 Å². The molecule has 0 aromatic carbocycles. The molecule has 0 spiro atoms. The van der Waals surface area contributed by atoms with Crippen LogP contribution >= 0.6 is 0 Å². The molecule has 106 valence electrons. The lowest BCUT2D eigenvalue weighted by Gasteiger charge is -2.30. The highest BCUT2D eigenvalue weighted by Crippen LogP contribution is 2.27. The molecule has 1 aliphatic rings. The molecular formula is C15H30N2O. The van der Waals surface area contributed by atoms with Crippen molar-refractivity contribution in [2.45, 2.75) is 77.2 Å². The van der Waals surface area contributed by atoms with Crippen molar-refractivity contribution in [1.82, 2.24) is 5.32 Å². The fourth-order valence-electron chi connectivity index (χ4n) is 2.98. The van der Waals surface area contributed by atoms with Gasteiger partial charge in [0.15, 0.2) is 0 Å². The van der Waals surface area contributed by atoms with E-state index in [1.165, 1.54) is 32.1 Å². The number of nitrogens with two attached hydrogens (primary N) is 1. The molecule has 0 aromatic rings. The molecule has 3 N–H and O–H groups in total. The standard InChI is InChI=1S/C15H30N2O/c1-2-14(13-9-5-3-6-10-13)17-15(18)11-7-4-8-12-16/h13-14H,2-12,16H2,1H3,(H,17,18). The average Bonchev–Trinajstić information content (AvgIpc) is 2.42. The summed E-state index contributed by atoms with van der Waals surface area (Å²) in [6, 6.07) is 0.410. The number of rotatable bonds is 8. The molecule has 0 aliphatic heterocycles. The van der Waals surface area contributed by atoms with E-state index < -0.39 is 0 Å². The van der Waals surface area contributed by atoms with Crippen LogP contribution in [-0.4, -0.2) is 18.5 Å². The van der Waals surface area contributed by atoms with Crippen LogP contribution in [0.25, 0.3) is 0 Å². The molecule has 18 heavy (non-hydrogen) atoms.